The third-order valence-electron chi connectivity index (χ3n) is 7.37. The molecule has 0 radical (unpaired) electrons. The smallest absolute Gasteiger partial charge is 0.325 e. The zero-order valence-electron chi connectivity index (χ0n) is 25.6. The van der Waals surface area contributed by atoms with E-state index in [1.807, 2.05) is 30.3 Å². The predicted molar refractivity (Wildman–Crippen MR) is 159 cm³/mol. The molecule has 3 rings (SSSR count). The molecule has 3 N–H and O–H groups in total. The van der Waals surface area contributed by atoms with E-state index in [1.54, 1.807) is 20.8 Å². The first kappa shape index (κ1) is 34.4. The zero-order valence-corrected chi connectivity index (χ0v) is 25.6. The van der Waals surface area contributed by atoms with Crippen LogP contribution in [-0.4, -0.2) is 72.7 Å². The molecule has 1 aliphatic heterocycles. The number of ketones is 2. The van der Waals surface area contributed by atoms with Crippen LogP contribution in [0.3, 0.4) is 0 Å². The molecule has 1 aromatic carbocycles. The van der Waals surface area contributed by atoms with E-state index >= 15 is 0 Å². The molecule has 2 aliphatic rings. The third-order valence-corrected chi connectivity index (χ3v) is 7.37. The number of amides is 3. The van der Waals surface area contributed by atoms with Crippen molar-refractivity contribution in [1.82, 2.24) is 16.0 Å². The Morgan fingerprint density at radius 2 is 1.70 bits per heavy atom. The largest absolute Gasteiger partial charge is 0.482 e. The fraction of sp³-hybridized carbons (Fsp3) is 0.562. The zero-order chi connectivity index (χ0) is 32.1. The van der Waals surface area contributed by atoms with Gasteiger partial charge in [0.1, 0.15) is 24.2 Å². The number of ether oxygens (including phenoxy) is 3. The maximum absolute atomic E-state index is 13.7. The van der Waals surface area contributed by atoms with Gasteiger partial charge in [0.25, 0.3) is 11.8 Å². The Labute approximate surface area is 257 Å². The minimum atomic E-state index is -1.41. The molecule has 1 aliphatic carbocycles. The molecular weight excluding hydrogens is 570 g/mol. The summed E-state index contributed by atoms with van der Waals surface area (Å²) in [6.07, 6.45) is 6.37. The van der Waals surface area contributed by atoms with Crippen molar-refractivity contribution in [3.8, 4) is 0 Å². The summed E-state index contributed by atoms with van der Waals surface area (Å²) in [6.45, 7) is 4.35. The Morgan fingerprint density at radius 1 is 1.00 bits per heavy atom. The van der Waals surface area contributed by atoms with Gasteiger partial charge in [-0.15, -0.1) is 0 Å². The summed E-state index contributed by atoms with van der Waals surface area (Å²) in [6, 6.07) is 6.65. The van der Waals surface area contributed by atoms with Gasteiger partial charge < -0.3 is 30.2 Å². The first-order valence-corrected chi connectivity index (χ1v) is 15.1. The van der Waals surface area contributed by atoms with Gasteiger partial charge in [-0.3, -0.25) is 28.8 Å². The highest BCUT2D eigenvalue weighted by Crippen LogP contribution is 2.28. The lowest BCUT2D eigenvalue weighted by molar-refractivity contribution is -0.146. The topological polar surface area (TPSA) is 166 Å². The number of Topliss-reactive ketones (excluding diaryl/α,β-unsaturated/α-hetero) is 1. The first-order valence-electron chi connectivity index (χ1n) is 15.1. The number of esters is 1. The molecule has 1 unspecified atom stereocenters. The quantitative estimate of drug-likeness (QED) is 0.198. The van der Waals surface area contributed by atoms with Crippen LogP contribution in [0.4, 0.5) is 0 Å². The minimum absolute atomic E-state index is 0.108. The maximum Gasteiger partial charge on any atom is 0.325 e. The lowest BCUT2D eigenvalue weighted by atomic mass is 9.84. The fourth-order valence-electron chi connectivity index (χ4n) is 5.24. The van der Waals surface area contributed by atoms with Gasteiger partial charge in [-0.1, -0.05) is 62.4 Å². The van der Waals surface area contributed by atoms with Gasteiger partial charge in [-0.05, 0) is 38.7 Å². The van der Waals surface area contributed by atoms with Crippen molar-refractivity contribution >= 4 is 35.3 Å². The average molecular weight is 614 g/mol. The van der Waals surface area contributed by atoms with Crippen LogP contribution in [0.2, 0.25) is 0 Å². The molecule has 1 saturated carbocycles. The van der Waals surface area contributed by atoms with Crippen LogP contribution in [0, 0.1) is 5.92 Å². The number of nitrogens with one attached hydrogen (secondary N) is 3. The Kier molecular flexibility index (Phi) is 13.1. The van der Waals surface area contributed by atoms with Crippen molar-refractivity contribution in [3.63, 3.8) is 0 Å². The lowest BCUT2D eigenvalue weighted by Gasteiger charge is -2.31. The van der Waals surface area contributed by atoms with Gasteiger partial charge in [-0.2, -0.15) is 0 Å². The van der Waals surface area contributed by atoms with Gasteiger partial charge >= 0.3 is 5.97 Å². The SMILES string of the molecule is CCOC(=O)CNC(=O)C(=O)C(COCc1ccccc1)NC(=O)[C@@H](CC1CCCCC1)NC(=O)C1=CC(=O)CC(C)(C)O1. The van der Waals surface area contributed by atoms with E-state index in [-0.39, 0.29) is 43.7 Å². The second-order valence-corrected chi connectivity index (χ2v) is 11.7. The monoisotopic (exact) mass is 613 g/mol. The molecular formula is C32H43N3O9. The highest BCUT2D eigenvalue weighted by Gasteiger charge is 2.36. The van der Waals surface area contributed by atoms with Crippen molar-refractivity contribution in [2.24, 2.45) is 5.92 Å². The van der Waals surface area contributed by atoms with E-state index in [4.69, 9.17) is 14.2 Å². The molecule has 12 heteroatoms. The van der Waals surface area contributed by atoms with E-state index in [0.717, 1.165) is 43.7 Å². The van der Waals surface area contributed by atoms with Crippen LogP contribution in [0.5, 0.6) is 0 Å². The molecule has 44 heavy (non-hydrogen) atoms. The summed E-state index contributed by atoms with van der Waals surface area (Å²) in [5.74, 6) is -4.56. The number of carbonyl (C=O) groups excluding carboxylic acids is 6. The number of benzene rings is 1. The summed E-state index contributed by atoms with van der Waals surface area (Å²) in [4.78, 5) is 76.6. The highest BCUT2D eigenvalue weighted by atomic mass is 16.5. The molecule has 1 aromatic rings. The summed E-state index contributed by atoms with van der Waals surface area (Å²) >= 11 is 0. The molecule has 2 atom stereocenters. The molecule has 0 spiro atoms. The first-order chi connectivity index (χ1) is 21.0. The van der Waals surface area contributed by atoms with Gasteiger partial charge in [0.15, 0.2) is 11.5 Å². The molecule has 0 aromatic heterocycles. The molecule has 0 saturated heterocycles. The number of rotatable bonds is 15. The van der Waals surface area contributed by atoms with E-state index in [2.05, 4.69) is 16.0 Å². The van der Waals surface area contributed by atoms with Crippen molar-refractivity contribution in [3.05, 3.63) is 47.7 Å². The van der Waals surface area contributed by atoms with E-state index in [1.165, 1.54) is 0 Å². The third kappa shape index (κ3) is 11.2. The van der Waals surface area contributed by atoms with Crippen molar-refractivity contribution < 1.29 is 43.0 Å². The molecule has 1 fully saturated rings. The number of allylic oxidation sites excluding steroid dienone is 1. The standard InChI is InChI=1S/C32H43N3O9/c1-4-43-27(37)18-33-31(41)28(38)25(20-42-19-22-13-9-6-10-14-22)35-29(39)24(15-21-11-7-5-8-12-21)34-30(40)26-16-23(36)17-32(2,3)44-26/h6,9-10,13-14,16,21,24-25H,4-5,7-8,11-12,15,17-20H2,1-3H3,(H,33,41)(H,34,40)(H,35,39)/t24-,25?/m1/s1. The van der Waals surface area contributed by atoms with E-state index in [0.29, 0.717) is 6.42 Å². The van der Waals surface area contributed by atoms with Gasteiger partial charge in [0.2, 0.25) is 11.7 Å². The summed E-state index contributed by atoms with van der Waals surface area (Å²) < 4.78 is 16.2. The lowest BCUT2D eigenvalue weighted by Crippen LogP contribution is -2.56. The van der Waals surface area contributed by atoms with Crippen LogP contribution in [0.15, 0.2) is 42.2 Å². The van der Waals surface area contributed by atoms with Crippen LogP contribution in [0.1, 0.15) is 71.3 Å². The number of hydrogen-bond acceptors (Lipinski definition) is 9. The maximum atomic E-state index is 13.7. The van der Waals surface area contributed by atoms with Crippen LogP contribution in [-0.2, 0) is 49.6 Å². The number of hydrogen-bond donors (Lipinski definition) is 3. The average Bonchev–Trinajstić information content (AvgIpc) is 2.98. The van der Waals surface area contributed by atoms with Crippen LogP contribution in [0.25, 0.3) is 0 Å². The Bertz CT molecular complexity index is 1220. The van der Waals surface area contributed by atoms with Crippen molar-refractivity contribution in [2.45, 2.75) is 90.0 Å². The fourth-order valence-corrected chi connectivity index (χ4v) is 5.24. The number of carbonyl (C=O) groups is 6. The summed E-state index contributed by atoms with van der Waals surface area (Å²) in [5.41, 5.74) is -0.0677. The molecule has 1 heterocycles. The Morgan fingerprint density at radius 3 is 2.36 bits per heavy atom. The van der Waals surface area contributed by atoms with Crippen LogP contribution >= 0.6 is 0 Å². The van der Waals surface area contributed by atoms with Gasteiger partial charge in [-0.25, -0.2) is 0 Å². The van der Waals surface area contributed by atoms with Gasteiger partial charge in [0.05, 0.1) is 19.8 Å². The normalized spacial score (nSPS) is 17.7. The molecule has 240 valence electrons. The highest BCUT2D eigenvalue weighted by molar-refractivity contribution is 6.38. The van der Waals surface area contributed by atoms with Crippen molar-refractivity contribution in [2.75, 3.05) is 19.8 Å². The molecule has 3 amide bonds. The predicted octanol–water partition coefficient (Wildman–Crippen LogP) is 2.04. The second-order valence-electron chi connectivity index (χ2n) is 11.7. The van der Waals surface area contributed by atoms with E-state index < -0.39 is 53.7 Å². The summed E-state index contributed by atoms with van der Waals surface area (Å²) in [5, 5.41) is 7.49. The summed E-state index contributed by atoms with van der Waals surface area (Å²) in [7, 11) is 0. The van der Waals surface area contributed by atoms with Crippen molar-refractivity contribution in [1.29, 1.82) is 0 Å². The Balaban J connectivity index is 1.76. The second kappa shape index (κ2) is 16.7. The van der Waals surface area contributed by atoms with E-state index in [9.17, 15) is 28.8 Å². The minimum Gasteiger partial charge on any atom is -0.482 e. The molecule has 0 bridgehead atoms. The van der Waals surface area contributed by atoms with Crippen LogP contribution < -0.4 is 16.0 Å². The Hall–Kier alpha value is -4.06. The molecule has 12 nitrogen and oxygen atoms in total. The van der Waals surface area contributed by atoms with Gasteiger partial charge in [0, 0.05) is 12.5 Å².